The van der Waals surface area contributed by atoms with Gasteiger partial charge in [0.2, 0.25) is 0 Å². The summed E-state index contributed by atoms with van der Waals surface area (Å²) in [7, 11) is 0. The van der Waals surface area contributed by atoms with E-state index in [-0.39, 0.29) is 5.92 Å². The van der Waals surface area contributed by atoms with Crippen LogP contribution in [-0.4, -0.2) is 6.04 Å². The molecule has 0 radical (unpaired) electrons. The van der Waals surface area contributed by atoms with Gasteiger partial charge in [-0.25, -0.2) is 0 Å². The minimum absolute atomic E-state index is 0.0667. The molecule has 0 spiro atoms. The van der Waals surface area contributed by atoms with Crippen LogP contribution < -0.4 is 5.32 Å². The van der Waals surface area contributed by atoms with Crippen LogP contribution in [0.5, 0.6) is 0 Å². The molecule has 1 aromatic rings. The molecule has 1 fully saturated rings. The molecule has 90 valence electrons. The predicted molar refractivity (Wildman–Crippen MR) is 69.7 cm³/mol. The highest BCUT2D eigenvalue weighted by Gasteiger charge is 2.25. The van der Waals surface area contributed by atoms with Gasteiger partial charge >= 0.3 is 0 Å². The van der Waals surface area contributed by atoms with Crippen molar-refractivity contribution in [2.45, 2.75) is 38.3 Å². The number of benzene rings is 1. The quantitative estimate of drug-likeness (QED) is 0.867. The average molecular weight is 249 g/mol. The van der Waals surface area contributed by atoms with Gasteiger partial charge in [0.05, 0.1) is 12.0 Å². The maximum Gasteiger partial charge on any atom is 0.0669 e. The molecule has 2 nitrogen and oxygen atoms in total. The van der Waals surface area contributed by atoms with Gasteiger partial charge in [0, 0.05) is 17.1 Å². The molecule has 1 saturated heterocycles. The Balaban J connectivity index is 2.10. The van der Waals surface area contributed by atoms with Gasteiger partial charge < -0.3 is 5.32 Å². The molecule has 1 aliphatic heterocycles. The van der Waals surface area contributed by atoms with E-state index in [0.717, 1.165) is 17.9 Å². The number of rotatable bonds is 2. The fourth-order valence-electron chi connectivity index (χ4n) is 2.44. The fourth-order valence-corrected chi connectivity index (χ4v) is 2.64. The number of piperidine rings is 1. The second-order valence-corrected chi connectivity index (χ2v) is 5.17. The lowest BCUT2D eigenvalue weighted by molar-refractivity contribution is 0.288. The van der Waals surface area contributed by atoms with E-state index >= 15 is 0 Å². The Kier molecular flexibility index (Phi) is 4.04. The standard InChI is InChI=1S/C14H17ClN2/c1-10(9-16)13-6-3-7-14(17-13)11-4-2-5-12(15)8-11/h2,4-5,8,10,13-14,17H,3,6-7H2,1H3. The summed E-state index contributed by atoms with van der Waals surface area (Å²) in [6, 6.07) is 11.0. The predicted octanol–water partition coefficient (Wildman–Crippen LogP) is 3.68. The Labute approximate surface area is 108 Å². The molecule has 0 aromatic heterocycles. The molecule has 1 heterocycles. The molecule has 3 heteroatoms. The highest BCUT2D eigenvalue weighted by Crippen LogP contribution is 2.29. The van der Waals surface area contributed by atoms with E-state index in [1.807, 2.05) is 25.1 Å². The first-order valence-corrected chi connectivity index (χ1v) is 6.49. The second kappa shape index (κ2) is 5.53. The number of nitriles is 1. The molecule has 0 bridgehead atoms. The summed E-state index contributed by atoms with van der Waals surface area (Å²) in [5.74, 6) is 0.0667. The molecule has 17 heavy (non-hydrogen) atoms. The monoisotopic (exact) mass is 248 g/mol. The first-order valence-electron chi connectivity index (χ1n) is 6.12. The van der Waals surface area contributed by atoms with Crippen LogP contribution in [0.15, 0.2) is 24.3 Å². The third-order valence-electron chi connectivity index (χ3n) is 3.48. The summed E-state index contributed by atoms with van der Waals surface area (Å²) in [4.78, 5) is 0. The molecule has 1 aliphatic rings. The lowest BCUT2D eigenvalue weighted by Gasteiger charge is -2.32. The third-order valence-corrected chi connectivity index (χ3v) is 3.72. The van der Waals surface area contributed by atoms with Crippen molar-refractivity contribution < 1.29 is 0 Å². The maximum atomic E-state index is 8.98. The molecule has 3 atom stereocenters. The van der Waals surface area contributed by atoms with E-state index in [1.54, 1.807) is 0 Å². The van der Waals surface area contributed by atoms with Crippen molar-refractivity contribution >= 4 is 11.6 Å². The van der Waals surface area contributed by atoms with Crippen molar-refractivity contribution in [1.82, 2.24) is 5.32 Å². The normalized spacial score (nSPS) is 26.2. The van der Waals surface area contributed by atoms with Crippen molar-refractivity contribution in [2.75, 3.05) is 0 Å². The summed E-state index contributed by atoms with van der Waals surface area (Å²) in [5, 5.41) is 13.3. The minimum Gasteiger partial charge on any atom is -0.306 e. The fraction of sp³-hybridized carbons (Fsp3) is 0.500. The summed E-state index contributed by atoms with van der Waals surface area (Å²) >= 11 is 6.01. The van der Waals surface area contributed by atoms with Crippen molar-refractivity contribution in [3.8, 4) is 6.07 Å². The van der Waals surface area contributed by atoms with E-state index in [1.165, 1.54) is 12.0 Å². The number of hydrogen-bond donors (Lipinski definition) is 1. The smallest absolute Gasteiger partial charge is 0.0669 e. The Bertz CT molecular complexity index is 424. The van der Waals surface area contributed by atoms with Gasteiger partial charge in [-0.05, 0) is 43.9 Å². The van der Waals surface area contributed by atoms with Gasteiger partial charge in [-0.2, -0.15) is 5.26 Å². The van der Waals surface area contributed by atoms with E-state index in [9.17, 15) is 0 Å². The first kappa shape index (κ1) is 12.4. The summed E-state index contributed by atoms with van der Waals surface area (Å²) in [5.41, 5.74) is 1.23. The van der Waals surface area contributed by atoms with Gasteiger partial charge in [-0.3, -0.25) is 0 Å². The van der Waals surface area contributed by atoms with Crippen LogP contribution in [0.2, 0.25) is 5.02 Å². The van der Waals surface area contributed by atoms with E-state index < -0.39 is 0 Å². The van der Waals surface area contributed by atoms with Crippen LogP contribution in [0, 0.1) is 17.2 Å². The molecular formula is C14H17ClN2. The van der Waals surface area contributed by atoms with Gasteiger partial charge in [0.25, 0.3) is 0 Å². The SMILES string of the molecule is CC(C#N)C1CCCC(c2cccc(Cl)c2)N1. The summed E-state index contributed by atoms with van der Waals surface area (Å²) in [6.45, 7) is 1.98. The van der Waals surface area contributed by atoms with Crippen LogP contribution in [0.25, 0.3) is 0 Å². The summed E-state index contributed by atoms with van der Waals surface area (Å²) in [6.07, 6.45) is 3.38. The molecule has 0 saturated carbocycles. The number of nitrogens with zero attached hydrogens (tertiary/aromatic N) is 1. The number of hydrogen-bond acceptors (Lipinski definition) is 2. The Hall–Kier alpha value is -1.04. The highest BCUT2D eigenvalue weighted by molar-refractivity contribution is 6.30. The van der Waals surface area contributed by atoms with Crippen LogP contribution in [-0.2, 0) is 0 Å². The van der Waals surface area contributed by atoms with Crippen LogP contribution in [0.3, 0.4) is 0 Å². The van der Waals surface area contributed by atoms with Crippen molar-refractivity contribution in [3.05, 3.63) is 34.9 Å². The molecule has 2 rings (SSSR count). The summed E-state index contributed by atoms with van der Waals surface area (Å²) < 4.78 is 0. The number of halogens is 1. The van der Waals surface area contributed by atoms with Crippen LogP contribution in [0.1, 0.15) is 37.8 Å². The second-order valence-electron chi connectivity index (χ2n) is 4.73. The topological polar surface area (TPSA) is 35.8 Å². The zero-order chi connectivity index (χ0) is 12.3. The molecular weight excluding hydrogens is 232 g/mol. The molecule has 3 unspecified atom stereocenters. The largest absolute Gasteiger partial charge is 0.306 e. The Morgan fingerprint density at radius 3 is 3.00 bits per heavy atom. The first-order chi connectivity index (χ1) is 8.20. The van der Waals surface area contributed by atoms with Gasteiger partial charge in [0.1, 0.15) is 0 Å². The van der Waals surface area contributed by atoms with E-state index in [2.05, 4.69) is 17.5 Å². The van der Waals surface area contributed by atoms with E-state index in [4.69, 9.17) is 16.9 Å². The Morgan fingerprint density at radius 1 is 1.47 bits per heavy atom. The zero-order valence-corrected chi connectivity index (χ0v) is 10.7. The maximum absolute atomic E-state index is 8.98. The lowest BCUT2D eigenvalue weighted by atomic mass is 9.88. The van der Waals surface area contributed by atoms with Gasteiger partial charge in [-0.1, -0.05) is 23.7 Å². The number of nitrogens with one attached hydrogen (secondary N) is 1. The molecule has 1 aromatic carbocycles. The lowest BCUT2D eigenvalue weighted by Crippen LogP contribution is -2.40. The highest BCUT2D eigenvalue weighted by atomic mass is 35.5. The van der Waals surface area contributed by atoms with Crippen molar-refractivity contribution in [1.29, 1.82) is 5.26 Å². The molecule has 0 amide bonds. The van der Waals surface area contributed by atoms with Crippen molar-refractivity contribution in [2.24, 2.45) is 5.92 Å². The Morgan fingerprint density at radius 2 is 2.29 bits per heavy atom. The molecule has 1 N–H and O–H groups in total. The van der Waals surface area contributed by atoms with Crippen molar-refractivity contribution in [3.63, 3.8) is 0 Å². The average Bonchev–Trinajstić information content (AvgIpc) is 2.38. The van der Waals surface area contributed by atoms with Gasteiger partial charge in [0.15, 0.2) is 0 Å². The van der Waals surface area contributed by atoms with Crippen LogP contribution in [0.4, 0.5) is 0 Å². The van der Waals surface area contributed by atoms with E-state index in [0.29, 0.717) is 12.1 Å². The van der Waals surface area contributed by atoms with Crippen LogP contribution >= 0.6 is 11.6 Å². The zero-order valence-electron chi connectivity index (χ0n) is 9.99. The van der Waals surface area contributed by atoms with Gasteiger partial charge in [-0.15, -0.1) is 0 Å². The molecule has 0 aliphatic carbocycles. The minimum atomic E-state index is 0.0667. The third kappa shape index (κ3) is 3.00.